The van der Waals surface area contributed by atoms with Gasteiger partial charge in [0, 0.05) is 26.0 Å². The Morgan fingerprint density at radius 2 is 1.74 bits per heavy atom. The van der Waals surface area contributed by atoms with Crippen LogP contribution in [0.5, 0.6) is 0 Å². The molecule has 0 bridgehead atoms. The Morgan fingerprint density at radius 3 is 2.16 bits per heavy atom. The molecule has 7 heteroatoms. The van der Waals surface area contributed by atoms with Crippen molar-refractivity contribution in [2.24, 2.45) is 0 Å². The van der Waals surface area contributed by atoms with Crippen LogP contribution in [0, 0.1) is 6.92 Å². The summed E-state index contributed by atoms with van der Waals surface area (Å²) in [5.74, 6) is -0.543. The normalized spacial score (nSPS) is 13.1. The number of rotatable bonds is 6. The van der Waals surface area contributed by atoms with Crippen molar-refractivity contribution in [1.29, 1.82) is 0 Å². The fourth-order valence-electron chi connectivity index (χ4n) is 1.28. The van der Waals surface area contributed by atoms with E-state index in [1.165, 1.54) is 21.1 Å². The van der Waals surface area contributed by atoms with Crippen LogP contribution in [-0.4, -0.2) is 25.4 Å². The Bertz CT molecular complexity index is 466. The first-order valence-electron chi connectivity index (χ1n) is 5.53. The molecule has 0 aliphatic heterocycles. The number of ether oxygens (including phenoxy) is 1. The maximum absolute atomic E-state index is 12.3. The SMILES string of the molecule is COP(=O)(OC)[C@H](OC(C)=O)Sc1ccc(C)cc1. The molecule has 1 aromatic carbocycles. The van der Waals surface area contributed by atoms with Crippen molar-refractivity contribution in [2.45, 2.75) is 23.9 Å². The summed E-state index contributed by atoms with van der Waals surface area (Å²) in [6.07, 6.45) is 0. The molecule has 106 valence electrons. The number of carbonyl (C=O) groups is 1. The van der Waals surface area contributed by atoms with Crippen LogP contribution < -0.4 is 0 Å². The lowest BCUT2D eigenvalue weighted by atomic mass is 10.2. The van der Waals surface area contributed by atoms with Crippen molar-refractivity contribution < 1.29 is 23.1 Å². The molecule has 0 unspecified atom stereocenters. The zero-order valence-corrected chi connectivity index (χ0v) is 13.0. The standard InChI is InChI=1S/C12H17O5PS/c1-9-5-7-11(8-6-9)19-12(17-10(2)13)18(14,15-3)16-4/h5-8,12H,1-4H3/t12-/m0/s1. The second-order valence-electron chi connectivity index (χ2n) is 3.75. The van der Waals surface area contributed by atoms with Crippen LogP contribution in [0.4, 0.5) is 0 Å². The van der Waals surface area contributed by atoms with Crippen LogP contribution in [0.15, 0.2) is 29.2 Å². The Morgan fingerprint density at radius 1 is 1.21 bits per heavy atom. The summed E-state index contributed by atoms with van der Waals surface area (Å²) in [6.45, 7) is 3.21. The highest BCUT2D eigenvalue weighted by Gasteiger charge is 2.38. The smallest absolute Gasteiger partial charge is 0.381 e. The van der Waals surface area contributed by atoms with E-state index in [1.54, 1.807) is 0 Å². The fourth-order valence-corrected chi connectivity index (χ4v) is 4.15. The molecule has 0 saturated heterocycles. The van der Waals surface area contributed by atoms with Gasteiger partial charge in [-0.1, -0.05) is 29.5 Å². The van der Waals surface area contributed by atoms with Crippen molar-refractivity contribution in [2.75, 3.05) is 14.2 Å². The average Bonchev–Trinajstić information content (AvgIpc) is 2.39. The third-order valence-corrected chi connectivity index (χ3v) is 5.86. The first-order chi connectivity index (χ1) is 8.91. The maximum Gasteiger partial charge on any atom is 0.381 e. The van der Waals surface area contributed by atoms with E-state index in [0.29, 0.717) is 0 Å². The number of thioether (sulfide) groups is 1. The molecular weight excluding hydrogens is 287 g/mol. The monoisotopic (exact) mass is 304 g/mol. The van der Waals surface area contributed by atoms with Crippen LogP contribution in [0.2, 0.25) is 0 Å². The van der Waals surface area contributed by atoms with E-state index in [1.807, 2.05) is 31.2 Å². The minimum absolute atomic E-state index is 0.543. The minimum Gasteiger partial charge on any atom is -0.438 e. The zero-order chi connectivity index (χ0) is 14.5. The number of hydrogen-bond donors (Lipinski definition) is 0. The Labute approximate surface area is 117 Å². The molecule has 0 fully saturated rings. The number of esters is 1. The molecule has 5 nitrogen and oxygen atoms in total. The lowest BCUT2D eigenvalue weighted by Crippen LogP contribution is -2.15. The van der Waals surface area contributed by atoms with Crippen LogP contribution in [0.1, 0.15) is 12.5 Å². The minimum atomic E-state index is -3.50. The number of hydrogen-bond acceptors (Lipinski definition) is 6. The van der Waals surface area contributed by atoms with Gasteiger partial charge in [-0.05, 0) is 19.1 Å². The van der Waals surface area contributed by atoms with Gasteiger partial charge in [0.25, 0.3) is 5.18 Å². The van der Waals surface area contributed by atoms with Gasteiger partial charge in [-0.25, -0.2) is 0 Å². The first kappa shape index (κ1) is 16.2. The molecule has 1 rings (SSSR count). The molecule has 0 saturated carbocycles. The lowest BCUT2D eigenvalue weighted by molar-refractivity contribution is -0.140. The van der Waals surface area contributed by atoms with Crippen molar-refractivity contribution >= 4 is 25.3 Å². The summed E-state index contributed by atoms with van der Waals surface area (Å²) in [5, 5.41) is -1.03. The topological polar surface area (TPSA) is 61.8 Å². The van der Waals surface area contributed by atoms with Crippen molar-refractivity contribution in [3.05, 3.63) is 29.8 Å². The van der Waals surface area contributed by atoms with Crippen LogP contribution in [-0.2, 0) is 23.1 Å². The van der Waals surface area contributed by atoms with Crippen molar-refractivity contribution in [3.8, 4) is 0 Å². The molecule has 0 aliphatic carbocycles. The highest BCUT2D eigenvalue weighted by molar-refractivity contribution is 8.05. The third kappa shape index (κ3) is 4.66. The molecule has 0 aromatic heterocycles. The van der Waals surface area contributed by atoms with Crippen molar-refractivity contribution in [3.63, 3.8) is 0 Å². The quantitative estimate of drug-likeness (QED) is 0.347. The highest BCUT2D eigenvalue weighted by atomic mass is 32.2. The van der Waals surface area contributed by atoms with Crippen molar-refractivity contribution in [1.82, 2.24) is 0 Å². The molecule has 0 aliphatic rings. The molecule has 19 heavy (non-hydrogen) atoms. The van der Waals surface area contributed by atoms with Gasteiger partial charge in [0.05, 0.1) is 0 Å². The Kier molecular flexibility index (Phi) is 6.07. The number of benzene rings is 1. The van der Waals surface area contributed by atoms with E-state index in [0.717, 1.165) is 22.2 Å². The van der Waals surface area contributed by atoms with Gasteiger partial charge in [-0.2, -0.15) is 0 Å². The summed E-state index contributed by atoms with van der Waals surface area (Å²) in [6, 6.07) is 7.54. The van der Waals surface area contributed by atoms with Gasteiger partial charge in [-0.3, -0.25) is 9.36 Å². The lowest BCUT2D eigenvalue weighted by Gasteiger charge is -2.23. The van der Waals surface area contributed by atoms with Gasteiger partial charge in [-0.15, -0.1) is 0 Å². The summed E-state index contributed by atoms with van der Waals surface area (Å²) in [4.78, 5) is 11.9. The van der Waals surface area contributed by atoms with Gasteiger partial charge < -0.3 is 13.8 Å². The second-order valence-corrected chi connectivity index (χ2v) is 7.52. The largest absolute Gasteiger partial charge is 0.438 e. The van der Waals surface area contributed by atoms with Crippen LogP contribution >= 0.6 is 19.4 Å². The zero-order valence-electron chi connectivity index (χ0n) is 11.3. The number of aryl methyl sites for hydroxylation is 1. The average molecular weight is 304 g/mol. The molecular formula is C12H17O5PS. The summed E-state index contributed by atoms with van der Waals surface area (Å²) < 4.78 is 27.1. The second kappa shape index (κ2) is 7.10. The van der Waals surface area contributed by atoms with E-state index >= 15 is 0 Å². The van der Waals surface area contributed by atoms with E-state index in [2.05, 4.69) is 0 Å². The Balaban J connectivity index is 2.94. The summed E-state index contributed by atoms with van der Waals surface area (Å²) in [7, 11) is -0.982. The Hall–Kier alpha value is -0.810. The van der Waals surface area contributed by atoms with Crippen LogP contribution in [0.25, 0.3) is 0 Å². The van der Waals surface area contributed by atoms with E-state index in [-0.39, 0.29) is 0 Å². The molecule has 0 radical (unpaired) electrons. The molecule has 1 atom stereocenters. The summed E-state index contributed by atoms with van der Waals surface area (Å²) >= 11 is 1.13. The molecule has 0 spiro atoms. The number of carbonyl (C=O) groups excluding carboxylic acids is 1. The molecule has 0 amide bonds. The van der Waals surface area contributed by atoms with Crippen LogP contribution in [0.3, 0.4) is 0 Å². The summed E-state index contributed by atoms with van der Waals surface area (Å²) in [5.41, 5.74) is 1.11. The van der Waals surface area contributed by atoms with Gasteiger partial charge in [0.1, 0.15) is 0 Å². The molecule has 0 heterocycles. The van der Waals surface area contributed by atoms with E-state index in [9.17, 15) is 9.36 Å². The highest BCUT2D eigenvalue weighted by Crippen LogP contribution is 2.57. The first-order valence-corrected chi connectivity index (χ1v) is 8.02. The predicted molar refractivity (Wildman–Crippen MR) is 74.2 cm³/mol. The van der Waals surface area contributed by atoms with Gasteiger partial charge in [0.2, 0.25) is 0 Å². The molecule has 1 aromatic rings. The fraction of sp³-hybridized carbons (Fsp3) is 0.417. The van der Waals surface area contributed by atoms with Gasteiger partial charge in [0.15, 0.2) is 0 Å². The molecule has 0 N–H and O–H groups in total. The van der Waals surface area contributed by atoms with E-state index in [4.69, 9.17) is 13.8 Å². The predicted octanol–water partition coefficient (Wildman–Crippen LogP) is 3.42. The third-order valence-electron chi connectivity index (χ3n) is 2.29. The van der Waals surface area contributed by atoms with E-state index < -0.39 is 18.7 Å². The van der Waals surface area contributed by atoms with Gasteiger partial charge >= 0.3 is 13.6 Å². The maximum atomic E-state index is 12.3.